The molecule has 0 aliphatic rings. The Morgan fingerprint density at radius 2 is 1.68 bits per heavy atom. The molecule has 0 atom stereocenters. The van der Waals surface area contributed by atoms with Crippen molar-refractivity contribution in [1.29, 1.82) is 0 Å². The Hall–Kier alpha value is -1.94. The third kappa shape index (κ3) is 5.32. The molecule has 150 valence electrons. The predicted octanol–water partition coefficient (Wildman–Crippen LogP) is 3.06. The van der Waals surface area contributed by atoms with Gasteiger partial charge in [0.15, 0.2) is 0 Å². The second-order valence-corrected chi connectivity index (χ2v) is 9.53. The smallest absolute Gasteiger partial charge is 0.254 e. The minimum absolute atomic E-state index is 0.0800. The number of carbonyl (C=O) groups excluding carboxylic acids is 2. The van der Waals surface area contributed by atoms with E-state index < -0.39 is 22.5 Å². The first-order chi connectivity index (χ1) is 13.0. The average molecular weight is 489 g/mol. The van der Waals surface area contributed by atoms with E-state index >= 15 is 0 Å². The molecular formula is C18H19BrClN3O4S. The molecule has 2 aromatic rings. The molecule has 0 bridgehead atoms. The molecule has 0 saturated carbocycles. The van der Waals surface area contributed by atoms with Crippen LogP contribution in [0.4, 0.5) is 5.69 Å². The molecule has 0 unspecified atom stereocenters. The molecule has 0 aromatic heterocycles. The zero-order valence-corrected chi connectivity index (χ0v) is 18.6. The van der Waals surface area contributed by atoms with Crippen molar-refractivity contribution in [3.8, 4) is 0 Å². The van der Waals surface area contributed by atoms with Crippen LogP contribution in [0, 0.1) is 0 Å². The number of anilines is 1. The molecule has 7 nitrogen and oxygen atoms in total. The summed E-state index contributed by atoms with van der Waals surface area (Å²) in [5.74, 6) is -0.857. The number of sulfonamides is 1. The lowest BCUT2D eigenvalue weighted by Gasteiger charge is -2.17. The normalized spacial score (nSPS) is 11.4. The molecule has 0 spiro atoms. The number of likely N-dealkylation sites (N-methyl/N-ethyl adjacent to an activating group) is 1. The molecular weight excluding hydrogens is 470 g/mol. The Kier molecular flexibility index (Phi) is 7.22. The molecule has 1 N–H and O–H groups in total. The van der Waals surface area contributed by atoms with E-state index in [1.165, 1.54) is 42.3 Å². The van der Waals surface area contributed by atoms with Crippen molar-refractivity contribution in [3.05, 3.63) is 57.5 Å². The SMILES string of the molecule is CN(C)C(=O)c1cc(NC(=O)CN(C)S(=O)(=O)c2ccc(Br)cc2)ccc1Cl. The first kappa shape index (κ1) is 22.4. The maximum atomic E-state index is 12.6. The van der Waals surface area contributed by atoms with Crippen LogP contribution in [-0.4, -0.2) is 57.1 Å². The third-order valence-electron chi connectivity index (χ3n) is 3.77. The van der Waals surface area contributed by atoms with E-state index in [0.29, 0.717) is 5.69 Å². The zero-order valence-electron chi connectivity index (χ0n) is 15.4. The number of amides is 2. The predicted molar refractivity (Wildman–Crippen MR) is 112 cm³/mol. The Morgan fingerprint density at radius 3 is 2.25 bits per heavy atom. The molecule has 0 aliphatic heterocycles. The standard InChI is InChI=1S/C18H19BrClN3O4S/c1-22(2)18(25)15-10-13(6-9-16(15)20)21-17(24)11-23(3)28(26,27)14-7-4-12(19)5-8-14/h4-10H,11H2,1-3H3,(H,21,24). The highest BCUT2D eigenvalue weighted by Gasteiger charge is 2.23. The quantitative estimate of drug-likeness (QED) is 0.677. The van der Waals surface area contributed by atoms with Crippen LogP contribution in [0.3, 0.4) is 0 Å². The first-order valence-electron chi connectivity index (χ1n) is 8.05. The minimum atomic E-state index is -3.81. The van der Waals surface area contributed by atoms with E-state index in [1.807, 2.05) is 0 Å². The van der Waals surface area contributed by atoms with Gasteiger partial charge in [-0.2, -0.15) is 4.31 Å². The molecule has 0 aliphatic carbocycles. The fraction of sp³-hybridized carbons (Fsp3) is 0.222. The van der Waals surface area contributed by atoms with E-state index in [0.717, 1.165) is 8.78 Å². The van der Waals surface area contributed by atoms with Gasteiger partial charge in [0, 0.05) is 31.3 Å². The second kappa shape index (κ2) is 9.04. The number of rotatable bonds is 6. The molecule has 28 heavy (non-hydrogen) atoms. The average Bonchev–Trinajstić information content (AvgIpc) is 2.62. The van der Waals surface area contributed by atoms with Gasteiger partial charge in [0.05, 0.1) is 22.0 Å². The van der Waals surface area contributed by atoms with Gasteiger partial charge in [0.2, 0.25) is 15.9 Å². The highest BCUT2D eigenvalue weighted by molar-refractivity contribution is 9.10. The fourth-order valence-corrected chi connectivity index (χ4v) is 3.87. The molecule has 0 radical (unpaired) electrons. The highest BCUT2D eigenvalue weighted by atomic mass is 79.9. The van der Waals surface area contributed by atoms with Crippen molar-refractivity contribution >= 4 is 55.1 Å². The maximum absolute atomic E-state index is 12.6. The number of benzene rings is 2. The molecule has 0 saturated heterocycles. The Morgan fingerprint density at radius 1 is 1.07 bits per heavy atom. The highest BCUT2D eigenvalue weighted by Crippen LogP contribution is 2.22. The lowest BCUT2D eigenvalue weighted by atomic mass is 10.1. The van der Waals surface area contributed by atoms with Gasteiger partial charge in [-0.15, -0.1) is 0 Å². The minimum Gasteiger partial charge on any atom is -0.345 e. The van der Waals surface area contributed by atoms with E-state index in [-0.39, 0.29) is 21.4 Å². The summed E-state index contributed by atoms with van der Waals surface area (Å²) in [6, 6.07) is 10.6. The number of hydrogen-bond donors (Lipinski definition) is 1. The number of carbonyl (C=O) groups is 2. The Labute approximate surface area is 177 Å². The van der Waals surface area contributed by atoms with E-state index in [9.17, 15) is 18.0 Å². The summed E-state index contributed by atoms with van der Waals surface area (Å²) in [5.41, 5.74) is 0.578. The second-order valence-electron chi connectivity index (χ2n) is 6.16. The van der Waals surface area contributed by atoms with Gasteiger partial charge >= 0.3 is 0 Å². The molecule has 0 fully saturated rings. The summed E-state index contributed by atoms with van der Waals surface area (Å²) < 4.78 is 26.8. The van der Waals surface area contributed by atoms with Crippen molar-refractivity contribution in [1.82, 2.24) is 9.21 Å². The molecule has 2 rings (SSSR count). The van der Waals surface area contributed by atoms with Gasteiger partial charge in [-0.25, -0.2) is 8.42 Å². The van der Waals surface area contributed by atoms with Crippen molar-refractivity contribution in [2.75, 3.05) is 33.0 Å². The van der Waals surface area contributed by atoms with Crippen LogP contribution in [0.1, 0.15) is 10.4 Å². The van der Waals surface area contributed by atoms with E-state index in [1.54, 1.807) is 26.2 Å². The number of nitrogens with one attached hydrogen (secondary N) is 1. The molecule has 2 aromatic carbocycles. The van der Waals surface area contributed by atoms with E-state index in [4.69, 9.17) is 11.6 Å². The van der Waals surface area contributed by atoms with Gasteiger partial charge < -0.3 is 10.2 Å². The van der Waals surface area contributed by atoms with Crippen LogP contribution < -0.4 is 5.32 Å². The van der Waals surface area contributed by atoms with Gasteiger partial charge in [0.25, 0.3) is 5.91 Å². The summed E-state index contributed by atoms with van der Waals surface area (Å²) in [4.78, 5) is 25.9. The van der Waals surface area contributed by atoms with E-state index in [2.05, 4.69) is 21.2 Å². The van der Waals surface area contributed by atoms with Crippen LogP contribution in [0.5, 0.6) is 0 Å². The largest absolute Gasteiger partial charge is 0.345 e. The van der Waals surface area contributed by atoms with Crippen LogP contribution in [0.15, 0.2) is 51.8 Å². The zero-order chi connectivity index (χ0) is 21.1. The summed E-state index contributed by atoms with van der Waals surface area (Å²) in [6.45, 7) is -0.391. The lowest BCUT2D eigenvalue weighted by Crippen LogP contribution is -2.35. The van der Waals surface area contributed by atoms with Crippen molar-refractivity contribution < 1.29 is 18.0 Å². The van der Waals surface area contributed by atoms with Crippen molar-refractivity contribution in [2.45, 2.75) is 4.90 Å². The van der Waals surface area contributed by atoms with Crippen LogP contribution in [0.25, 0.3) is 0 Å². The fourth-order valence-electron chi connectivity index (χ4n) is 2.28. The third-order valence-corrected chi connectivity index (χ3v) is 6.45. The van der Waals surface area contributed by atoms with Crippen molar-refractivity contribution in [2.24, 2.45) is 0 Å². The maximum Gasteiger partial charge on any atom is 0.254 e. The van der Waals surface area contributed by atoms with Crippen LogP contribution in [0.2, 0.25) is 5.02 Å². The number of nitrogens with zero attached hydrogens (tertiary/aromatic N) is 2. The van der Waals surface area contributed by atoms with Crippen LogP contribution >= 0.6 is 27.5 Å². The van der Waals surface area contributed by atoms with Gasteiger partial charge in [-0.05, 0) is 42.5 Å². The first-order valence-corrected chi connectivity index (χ1v) is 10.7. The van der Waals surface area contributed by atoms with Gasteiger partial charge in [0.1, 0.15) is 0 Å². The lowest BCUT2D eigenvalue weighted by molar-refractivity contribution is -0.116. The van der Waals surface area contributed by atoms with Gasteiger partial charge in [-0.3, -0.25) is 9.59 Å². The number of halogens is 2. The molecule has 2 amide bonds. The number of hydrogen-bond acceptors (Lipinski definition) is 4. The summed E-state index contributed by atoms with van der Waals surface area (Å²) in [5, 5.41) is 2.84. The van der Waals surface area contributed by atoms with Crippen LogP contribution in [-0.2, 0) is 14.8 Å². The molecule has 0 heterocycles. The van der Waals surface area contributed by atoms with Gasteiger partial charge in [-0.1, -0.05) is 27.5 Å². The Bertz CT molecular complexity index is 994. The summed E-state index contributed by atoms with van der Waals surface area (Å²) >= 11 is 9.29. The Balaban J connectivity index is 2.12. The topological polar surface area (TPSA) is 86.8 Å². The van der Waals surface area contributed by atoms with Crippen molar-refractivity contribution in [3.63, 3.8) is 0 Å². The summed E-state index contributed by atoms with van der Waals surface area (Å²) in [6.07, 6.45) is 0. The monoisotopic (exact) mass is 487 g/mol. The summed E-state index contributed by atoms with van der Waals surface area (Å²) in [7, 11) is 0.685. The molecule has 10 heteroatoms.